The van der Waals surface area contributed by atoms with Gasteiger partial charge in [-0.25, -0.2) is 4.68 Å². The summed E-state index contributed by atoms with van der Waals surface area (Å²) in [5.41, 5.74) is 3.41. The number of rotatable bonds is 1. The van der Waals surface area contributed by atoms with Crippen molar-refractivity contribution in [3.63, 3.8) is 0 Å². The minimum Gasteiger partial charge on any atom is -0.506 e. The highest BCUT2D eigenvalue weighted by Crippen LogP contribution is 2.24. The highest BCUT2D eigenvalue weighted by Gasteiger charge is 2.09. The molecule has 0 saturated heterocycles. The molecule has 0 saturated carbocycles. The summed E-state index contributed by atoms with van der Waals surface area (Å²) in [5.74, 6) is 0.200. The number of para-hydroxylation sites is 1. The molecule has 1 heterocycles. The number of aromatic nitrogens is 3. The van der Waals surface area contributed by atoms with E-state index in [1.807, 2.05) is 43.3 Å². The third-order valence-corrected chi connectivity index (χ3v) is 2.71. The van der Waals surface area contributed by atoms with E-state index >= 15 is 0 Å². The first-order valence-corrected chi connectivity index (χ1v) is 5.36. The van der Waals surface area contributed by atoms with Crippen LogP contribution in [0.25, 0.3) is 16.7 Å². The normalized spacial score (nSPS) is 10.9. The maximum atomic E-state index is 9.88. The molecular formula is C13H11N3O. The number of aryl methyl sites for hydroxylation is 1. The quantitative estimate of drug-likeness (QED) is 0.692. The van der Waals surface area contributed by atoms with Crippen molar-refractivity contribution in [1.29, 1.82) is 0 Å². The monoisotopic (exact) mass is 225 g/mol. The van der Waals surface area contributed by atoms with E-state index in [0.29, 0.717) is 5.69 Å². The molecule has 84 valence electrons. The predicted molar refractivity (Wildman–Crippen MR) is 65.3 cm³/mol. The number of aromatic hydroxyl groups is 1. The topological polar surface area (TPSA) is 50.9 Å². The van der Waals surface area contributed by atoms with Gasteiger partial charge in [0, 0.05) is 0 Å². The average molecular weight is 225 g/mol. The van der Waals surface area contributed by atoms with Gasteiger partial charge in [-0.05, 0) is 36.8 Å². The molecular weight excluding hydrogens is 214 g/mol. The van der Waals surface area contributed by atoms with Crippen LogP contribution in [0.2, 0.25) is 0 Å². The van der Waals surface area contributed by atoms with Crippen molar-refractivity contribution in [3.05, 3.63) is 48.0 Å². The van der Waals surface area contributed by atoms with Crippen LogP contribution in [0, 0.1) is 6.92 Å². The van der Waals surface area contributed by atoms with E-state index in [2.05, 4.69) is 10.3 Å². The standard InChI is InChI=1S/C13H11N3O/c1-9-6-7-13(17)12(8-9)16-11-5-3-2-4-10(11)14-15-16/h2-8,17H,1H3. The molecule has 0 fully saturated rings. The first-order chi connectivity index (χ1) is 8.25. The molecule has 1 aromatic heterocycles. The van der Waals surface area contributed by atoms with Crippen LogP contribution in [0.1, 0.15) is 5.56 Å². The van der Waals surface area contributed by atoms with Crippen LogP contribution in [0.15, 0.2) is 42.5 Å². The average Bonchev–Trinajstić information content (AvgIpc) is 2.76. The van der Waals surface area contributed by atoms with Gasteiger partial charge < -0.3 is 5.11 Å². The molecule has 0 aliphatic heterocycles. The summed E-state index contributed by atoms with van der Waals surface area (Å²) in [5, 5.41) is 18.0. The lowest BCUT2D eigenvalue weighted by molar-refractivity contribution is 0.470. The van der Waals surface area contributed by atoms with Crippen molar-refractivity contribution in [2.75, 3.05) is 0 Å². The lowest BCUT2D eigenvalue weighted by Gasteiger charge is -2.05. The Bertz CT molecular complexity index is 688. The predicted octanol–water partition coefficient (Wildman–Crippen LogP) is 2.43. The summed E-state index contributed by atoms with van der Waals surface area (Å²) in [7, 11) is 0. The number of nitrogens with zero attached hydrogens (tertiary/aromatic N) is 3. The lowest BCUT2D eigenvalue weighted by atomic mass is 10.2. The number of phenolic OH excluding ortho intramolecular Hbond substituents is 1. The summed E-state index contributed by atoms with van der Waals surface area (Å²) in [6.07, 6.45) is 0. The second kappa shape index (κ2) is 3.59. The highest BCUT2D eigenvalue weighted by molar-refractivity contribution is 5.76. The zero-order chi connectivity index (χ0) is 11.8. The first kappa shape index (κ1) is 9.84. The molecule has 0 spiro atoms. The van der Waals surface area contributed by atoms with Gasteiger partial charge >= 0.3 is 0 Å². The molecule has 4 nitrogen and oxygen atoms in total. The molecule has 0 amide bonds. The Morgan fingerprint density at radius 1 is 1.12 bits per heavy atom. The minimum atomic E-state index is 0.200. The van der Waals surface area contributed by atoms with Crippen LogP contribution in [0.5, 0.6) is 5.75 Å². The summed E-state index contributed by atoms with van der Waals surface area (Å²) < 4.78 is 1.65. The van der Waals surface area contributed by atoms with Crippen molar-refractivity contribution in [1.82, 2.24) is 15.0 Å². The van der Waals surface area contributed by atoms with Gasteiger partial charge in [-0.15, -0.1) is 5.10 Å². The Balaban J connectivity index is 2.31. The largest absolute Gasteiger partial charge is 0.506 e. The molecule has 4 heteroatoms. The van der Waals surface area contributed by atoms with Crippen LogP contribution in [-0.2, 0) is 0 Å². The highest BCUT2D eigenvalue weighted by atomic mass is 16.3. The maximum absolute atomic E-state index is 9.88. The molecule has 0 unspecified atom stereocenters. The Labute approximate surface area is 98.1 Å². The van der Waals surface area contributed by atoms with Crippen LogP contribution in [0.3, 0.4) is 0 Å². The summed E-state index contributed by atoms with van der Waals surface area (Å²) in [6.45, 7) is 1.97. The van der Waals surface area contributed by atoms with Gasteiger partial charge in [0.25, 0.3) is 0 Å². The smallest absolute Gasteiger partial charge is 0.141 e. The Hall–Kier alpha value is -2.36. The molecule has 3 rings (SSSR count). The fourth-order valence-electron chi connectivity index (χ4n) is 1.85. The van der Waals surface area contributed by atoms with Crippen molar-refractivity contribution in [2.24, 2.45) is 0 Å². The van der Waals surface area contributed by atoms with E-state index in [4.69, 9.17) is 0 Å². The first-order valence-electron chi connectivity index (χ1n) is 5.36. The van der Waals surface area contributed by atoms with Gasteiger partial charge in [0.15, 0.2) is 0 Å². The van der Waals surface area contributed by atoms with E-state index in [1.165, 1.54) is 0 Å². The molecule has 3 aromatic rings. The Kier molecular flexibility index (Phi) is 2.08. The van der Waals surface area contributed by atoms with Crippen LogP contribution in [0.4, 0.5) is 0 Å². The van der Waals surface area contributed by atoms with Crippen LogP contribution < -0.4 is 0 Å². The van der Waals surface area contributed by atoms with E-state index in [-0.39, 0.29) is 5.75 Å². The molecule has 2 aromatic carbocycles. The zero-order valence-corrected chi connectivity index (χ0v) is 9.33. The lowest BCUT2D eigenvalue weighted by Crippen LogP contribution is -1.97. The van der Waals surface area contributed by atoms with Crippen LogP contribution in [-0.4, -0.2) is 20.1 Å². The van der Waals surface area contributed by atoms with Crippen LogP contribution >= 0.6 is 0 Å². The summed E-state index contributed by atoms with van der Waals surface area (Å²) in [6, 6.07) is 13.1. The zero-order valence-electron chi connectivity index (χ0n) is 9.33. The van der Waals surface area contributed by atoms with Gasteiger partial charge in [0.1, 0.15) is 17.0 Å². The third kappa shape index (κ3) is 1.54. The number of benzene rings is 2. The van der Waals surface area contributed by atoms with Gasteiger partial charge in [0.2, 0.25) is 0 Å². The van der Waals surface area contributed by atoms with Gasteiger partial charge in [-0.1, -0.05) is 23.4 Å². The second-order valence-corrected chi connectivity index (χ2v) is 3.98. The SMILES string of the molecule is Cc1ccc(O)c(-n2nnc3ccccc32)c1. The van der Waals surface area contributed by atoms with Crippen molar-refractivity contribution < 1.29 is 5.11 Å². The molecule has 0 atom stereocenters. The molecule has 1 N–H and O–H groups in total. The second-order valence-electron chi connectivity index (χ2n) is 3.98. The number of phenols is 1. The maximum Gasteiger partial charge on any atom is 0.141 e. The number of fused-ring (bicyclic) bond motifs is 1. The number of hydrogen-bond donors (Lipinski definition) is 1. The van der Waals surface area contributed by atoms with Crippen molar-refractivity contribution in [2.45, 2.75) is 6.92 Å². The fourth-order valence-corrected chi connectivity index (χ4v) is 1.85. The van der Waals surface area contributed by atoms with Gasteiger partial charge in [-0.2, -0.15) is 0 Å². The van der Waals surface area contributed by atoms with Crippen molar-refractivity contribution in [3.8, 4) is 11.4 Å². The van der Waals surface area contributed by atoms with E-state index in [1.54, 1.807) is 10.7 Å². The minimum absolute atomic E-state index is 0.200. The van der Waals surface area contributed by atoms with Gasteiger partial charge in [-0.3, -0.25) is 0 Å². The summed E-state index contributed by atoms with van der Waals surface area (Å²) in [4.78, 5) is 0. The molecule has 0 radical (unpaired) electrons. The van der Waals surface area contributed by atoms with Crippen molar-refractivity contribution >= 4 is 11.0 Å². The van der Waals surface area contributed by atoms with E-state index < -0.39 is 0 Å². The fraction of sp³-hybridized carbons (Fsp3) is 0.0769. The molecule has 17 heavy (non-hydrogen) atoms. The molecule has 0 aliphatic rings. The Morgan fingerprint density at radius 3 is 2.82 bits per heavy atom. The molecule has 0 bridgehead atoms. The Morgan fingerprint density at radius 2 is 1.94 bits per heavy atom. The van der Waals surface area contributed by atoms with E-state index in [9.17, 15) is 5.11 Å². The van der Waals surface area contributed by atoms with E-state index in [0.717, 1.165) is 16.6 Å². The summed E-state index contributed by atoms with van der Waals surface area (Å²) >= 11 is 0. The third-order valence-electron chi connectivity index (χ3n) is 2.71. The van der Waals surface area contributed by atoms with Gasteiger partial charge in [0.05, 0.1) is 5.52 Å². The molecule has 0 aliphatic carbocycles. The number of hydrogen-bond acceptors (Lipinski definition) is 3.